The van der Waals surface area contributed by atoms with Gasteiger partial charge in [0.1, 0.15) is 24.6 Å². The fourth-order valence-corrected chi connectivity index (χ4v) is 7.67. The van der Waals surface area contributed by atoms with Crippen molar-refractivity contribution in [3.8, 4) is 11.5 Å². The quantitative estimate of drug-likeness (QED) is 0.197. The summed E-state index contributed by atoms with van der Waals surface area (Å²) in [7, 11) is -8.65. The number of aryl methyl sites for hydroxylation is 2. The van der Waals surface area contributed by atoms with E-state index in [0.717, 1.165) is 64.2 Å². The molecule has 0 fully saturated rings. The van der Waals surface area contributed by atoms with Gasteiger partial charge in [-0.1, -0.05) is 18.2 Å². The van der Waals surface area contributed by atoms with Gasteiger partial charge in [0.05, 0.1) is 31.9 Å². The highest BCUT2D eigenvalue weighted by atomic mass is 32.2. The van der Waals surface area contributed by atoms with Crippen molar-refractivity contribution < 1.29 is 40.6 Å². The number of hydrogen-bond donors (Lipinski definition) is 1. The van der Waals surface area contributed by atoms with Crippen molar-refractivity contribution in [2.45, 2.75) is 38.5 Å². The molecule has 6 rings (SSSR count). The molecule has 238 valence electrons. The largest absolute Gasteiger partial charge is 0.748 e. The molecule has 0 unspecified atom stereocenters. The summed E-state index contributed by atoms with van der Waals surface area (Å²) in [5.41, 5.74) is 5.14. The van der Waals surface area contributed by atoms with Crippen LogP contribution < -0.4 is 24.8 Å². The van der Waals surface area contributed by atoms with Gasteiger partial charge in [-0.2, -0.15) is 0 Å². The summed E-state index contributed by atoms with van der Waals surface area (Å²) in [6, 6.07) is 14.8. The molecule has 0 amide bonds. The lowest BCUT2D eigenvalue weighted by Gasteiger charge is -2.33. The summed E-state index contributed by atoms with van der Waals surface area (Å²) in [5, 5.41) is 11.8. The molecule has 0 atom stereocenters. The van der Waals surface area contributed by atoms with Crippen LogP contribution >= 0.6 is 0 Å². The van der Waals surface area contributed by atoms with Gasteiger partial charge >= 0.3 is 5.97 Å². The first-order valence-electron chi connectivity index (χ1n) is 15.0. The van der Waals surface area contributed by atoms with Crippen molar-refractivity contribution in [1.29, 1.82) is 0 Å². The van der Waals surface area contributed by atoms with Gasteiger partial charge in [0.2, 0.25) is 5.36 Å². The maximum absolute atomic E-state index is 12.4. The first-order valence-corrected chi connectivity index (χ1v) is 18.1. The average molecular weight is 654 g/mol. The third kappa shape index (κ3) is 6.76. The molecule has 45 heavy (non-hydrogen) atoms. The Labute approximate surface area is 261 Å². The molecule has 0 saturated heterocycles. The molecular formula is C32H33N2O9S2-. The summed E-state index contributed by atoms with van der Waals surface area (Å²) < 4.78 is 75.9. The van der Waals surface area contributed by atoms with Crippen LogP contribution in [0.1, 0.15) is 58.3 Å². The van der Waals surface area contributed by atoms with E-state index in [1.54, 1.807) is 24.3 Å². The number of fused-ring (bicyclic) bond motifs is 4. The number of anilines is 1. The van der Waals surface area contributed by atoms with Crippen LogP contribution in [0.4, 0.5) is 5.69 Å². The van der Waals surface area contributed by atoms with Crippen LogP contribution in [0.15, 0.2) is 48.5 Å². The number of benzene rings is 3. The van der Waals surface area contributed by atoms with E-state index < -0.39 is 37.7 Å². The van der Waals surface area contributed by atoms with E-state index in [2.05, 4.69) is 9.48 Å². The second-order valence-electron chi connectivity index (χ2n) is 11.7. The van der Waals surface area contributed by atoms with Crippen LogP contribution in [0.5, 0.6) is 11.5 Å². The molecule has 1 N–H and O–H groups in total. The summed E-state index contributed by atoms with van der Waals surface area (Å²) in [4.78, 5) is 14.5. The second kappa shape index (κ2) is 12.2. The van der Waals surface area contributed by atoms with E-state index in [1.165, 1.54) is 0 Å². The van der Waals surface area contributed by atoms with E-state index in [4.69, 9.17) is 4.74 Å². The van der Waals surface area contributed by atoms with Gasteiger partial charge in [-0.05, 0) is 55.0 Å². The molecule has 3 aromatic carbocycles. The van der Waals surface area contributed by atoms with E-state index in [1.807, 2.05) is 24.3 Å². The fourth-order valence-electron chi connectivity index (χ4n) is 6.71. The molecule has 3 aromatic rings. The number of carboxylic acid groups (broad SMARTS) is 1. The SMILES string of the molecule is O=C(O)c1ccccc1C1=c2cc3c(cc2Oc2cc4c(cc21)CCCN4CCCS(=O)(=O)[O-])=[N+](CCCS(=O)(=O)[O-])CCC3. The number of carboxylic acids is 1. The van der Waals surface area contributed by atoms with Crippen LogP contribution in [-0.2, 0) is 33.1 Å². The molecule has 0 bridgehead atoms. The molecule has 0 saturated carbocycles. The zero-order chi connectivity index (χ0) is 31.9. The Balaban J connectivity index is 1.53. The van der Waals surface area contributed by atoms with Gasteiger partial charge in [0.15, 0.2) is 0 Å². The first kappa shape index (κ1) is 31.2. The lowest BCUT2D eigenvalue weighted by atomic mass is 9.86. The second-order valence-corrected chi connectivity index (χ2v) is 14.7. The number of hydrogen-bond acceptors (Lipinski definition) is 9. The minimum atomic E-state index is -4.33. The molecule has 11 nitrogen and oxygen atoms in total. The Kier molecular flexibility index (Phi) is 8.46. The van der Waals surface area contributed by atoms with Gasteiger partial charge < -0.3 is 23.8 Å². The van der Waals surface area contributed by atoms with Crippen LogP contribution in [0, 0.1) is 0 Å². The summed E-state index contributed by atoms with van der Waals surface area (Å²) in [6.45, 7) is 2.18. The summed E-state index contributed by atoms with van der Waals surface area (Å²) in [5.74, 6) is -0.887. The van der Waals surface area contributed by atoms with Gasteiger partial charge in [0, 0.05) is 71.1 Å². The Bertz CT molecular complexity index is 2040. The number of rotatable bonds is 10. The Morgan fingerprint density at radius 2 is 1.62 bits per heavy atom. The van der Waals surface area contributed by atoms with Crippen molar-refractivity contribution in [3.05, 3.63) is 86.9 Å². The molecule has 0 spiro atoms. The van der Waals surface area contributed by atoms with Crippen molar-refractivity contribution in [3.63, 3.8) is 0 Å². The molecule has 3 aliphatic rings. The molecule has 0 aliphatic carbocycles. The number of ether oxygens (including phenoxy) is 1. The van der Waals surface area contributed by atoms with Gasteiger partial charge in [-0.25, -0.2) is 26.2 Å². The smallest absolute Gasteiger partial charge is 0.336 e. The highest BCUT2D eigenvalue weighted by Crippen LogP contribution is 2.42. The monoisotopic (exact) mass is 653 g/mol. The summed E-state index contributed by atoms with van der Waals surface area (Å²) in [6.07, 6.45) is 3.63. The standard InChI is InChI=1S/C32H34N2O9S2/c35-32(36)24-10-2-1-9-23(24)31-25-17-21-7-3-11-33(13-5-15-44(37,38)39)27(21)19-29(25)43-30-20-28-22(18-26(30)31)8-4-12-34(28)14-6-16-45(40,41)42/h1-2,9-10,17-20H,3-8,11-16H2,(H2-,35,36,37,38,39,40,41,42)/p-1. The highest BCUT2D eigenvalue weighted by molar-refractivity contribution is 7.85. The van der Waals surface area contributed by atoms with Crippen LogP contribution in [0.3, 0.4) is 0 Å². The maximum atomic E-state index is 12.4. The number of aromatic carboxylic acids is 1. The molecule has 0 aromatic heterocycles. The molecular weight excluding hydrogens is 620 g/mol. The summed E-state index contributed by atoms with van der Waals surface area (Å²) >= 11 is 0. The predicted molar refractivity (Wildman–Crippen MR) is 165 cm³/mol. The number of carbonyl (C=O) groups is 1. The fraction of sp³-hybridized carbons (Fsp3) is 0.375. The number of nitrogens with zero attached hydrogens (tertiary/aromatic N) is 2. The lowest BCUT2D eigenvalue weighted by molar-refractivity contribution is 0.0696. The Morgan fingerprint density at radius 1 is 0.889 bits per heavy atom. The Morgan fingerprint density at radius 3 is 2.38 bits per heavy atom. The molecule has 0 radical (unpaired) electrons. The van der Waals surface area contributed by atoms with E-state index in [-0.39, 0.29) is 18.4 Å². The lowest BCUT2D eigenvalue weighted by Crippen LogP contribution is -2.40. The van der Waals surface area contributed by atoms with Crippen LogP contribution in [0.25, 0.3) is 5.57 Å². The Hall–Kier alpha value is -3.78. The molecule has 3 aliphatic heterocycles. The predicted octanol–water partition coefficient (Wildman–Crippen LogP) is 1.80. The minimum absolute atomic E-state index is 0.155. The molecule has 13 heteroatoms. The van der Waals surface area contributed by atoms with Gasteiger partial charge in [-0.15, -0.1) is 0 Å². The third-order valence-electron chi connectivity index (χ3n) is 8.62. The van der Waals surface area contributed by atoms with Crippen LogP contribution in [0.2, 0.25) is 0 Å². The topological polar surface area (TPSA) is 167 Å². The van der Waals surface area contributed by atoms with Gasteiger partial charge in [-0.3, -0.25) is 0 Å². The third-order valence-corrected chi connectivity index (χ3v) is 10.2. The highest BCUT2D eigenvalue weighted by Gasteiger charge is 2.29. The zero-order valence-electron chi connectivity index (χ0n) is 24.5. The van der Waals surface area contributed by atoms with Crippen molar-refractivity contribution in [2.75, 3.05) is 42.6 Å². The zero-order valence-corrected chi connectivity index (χ0v) is 26.2. The minimum Gasteiger partial charge on any atom is -0.748 e. The van der Waals surface area contributed by atoms with Crippen LogP contribution in [-0.4, -0.2) is 74.7 Å². The average Bonchev–Trinajstić information content (AvgIpc) is 2.97. The van der Waals surface area contributed by atoms with E-state index in [0.29, 0.717) is 43.2 Å². The normalized spacial score (nSPS) is 15.9. The molecule has 3 heterocycles. The first-order chi connectivity index (χ1) is 21.4. The van der Waals surface area contributed by atoms with Crippen molar-refractivity contribution >= 4 is 37.5 Å². The van der Waals surface area contributed by atoms with Crippen molar-refractivity contribution in [2.24, 2.45) is 0 Å². The maximum Gasteiger partial charge on any atom is 0.336 e. The van der Waals surface area contributed by atoms with Crippen molar-refractivity contribution in [1.82, 2.24) is 4.58 Å². The van der Waals surface area contributed by atoms with Gasteiger partial charge in [0.25, 0.3) is 0 Å². The van der Waals surface area contributed by atoms with E-state index in [9.17, 15) is 35.8 Å². The van der Waals surface area contributed by atoms with E-state index >= 15 is 0 Å².